The molecule has 2 rings (SSSR count). The molecule has 2 atom stereocenters. The Morgan fingerprint density at radius 3 is 3.10 bits per heavy atom. The highest BCUT2D eigenvalue weighted by molar-refractivity contribution is 5.81. The third-order valence-corrected chi connectivity index (χ3v) is 4.25. The lowest BCUT2D eigenvalue weighted by Gasteiger charge is -2.28. The van der Waals surface area contributed by atoms with E-state index >= 15 is 0 Å². The van der Waals surface area contributed by atoms with Gasteiger partial charge < -0.3 is 15.4 Å². The normalized spacial score (nSPS) is 21.8. The Bertz CT molecular complexity index is 462. The Morgan fingerprint density at radius 2 is 2.33 bits per heavy atom. The molecule has 1 amide bonds. The number of rotatable bonds is 6. The van der Waals surface area contributed by atoms with Crippen LogP contribution in [-0.4, -0.2) is 32.1 Å². The van der Waals surface area contributed by atoms with Crippen molar-refractivity contribution < 1.29 is 9.53 Å². The topological polar surface area (TPSA) is 50.4 Å². The van der Waals surface area contributed by atoms with Crippen molar-refractivity contribution in [1.82, 2.24) is 10.6 Å². The molecule has 0 radical (unpaired) electrons. The number of nitrogens with one attached hydrogen (secondary N) is 2. The Morgan fingerprint density at radius 1 is 1.48 bits per heavy atom. The van der Waals surface area contributed by atoms with E-state index in [-0.39, 0.29) is 11.9 Å². The summed E-state index contributed by atoms with van der Waals surface area (Å²) in [5, 5.41) is 6.36. The van der Waals surface area contributed by atoms with Crippen LogP contribution in [-0.2, 0) is 11.2 Å². The second-order valence-corrected chi connectivity index (χ2v) is 5.70. The van der Waals surface area contributed by atoms with Gasteiger partial charge in [0.15, 0.2) is 0 Å². The number of piperidine rings is 1. The third kappa shape index (κ3) is 4.74. The number of methoxy groups -OCH3 is 1. The lowest BCUT2D eigenvalue weighted by molar-refractivity contribution is -0.124. The van der Waals surface area contributed by atoms with E-state index in [0.717, 1.165) is 31.6 Å². The van der Waals surface area contributed by atoms with E-state index in [2.05, 4.69) is 23.6 Å². The van der Waals surface area contributed by atoms with Gasteiger partial charge in [-0.1, -0.05) is 25.5 Å². The van der Waals surface area contributed by atoms with Gasteiger partial charge in [0.2, 0.25) is 5.91 Å². The molecule has 0 aromatic heterocycles. The van der Waals surface area contributed by atoms with Gasteiger partial charge in [-0.3, -0.25) is 4.79 Å². The molecular formula is C17H26N2O2. The lowest BCUT2D eigenvalue weighted by atomic mass is 9.90. The van der Waals surface area contributed by atoms with Gasteiger partial charge in [-0.25, -0.2) is 0 Å². The van der Waals surface area contributed by atoms with Crippen LogP contribution in [0.5, 0.6) is 5.75 Å². The predicted octanol–water partition coefficient (Wildman–Crippen LogP) is 2.13. The van der Waals surface area contributed by atoms with Crippen molar-refractivity contribution >= 4 is 5.91 Å². The van der Waals surface area contributed by atoms with Crippen LogP contribution in [0.1, 0.15) is 31.7 Å². The van der Waals surface area contributed by atoms with Crippen LogP contribution in [0, 0.1) is 5.92 Å². The number of carbonyl (C=O) groups is 1. The van der Waals surface area contributed by atoms with E-state index in [1.807, 2.05) is 18.2 Å². The zero-order valence-electron chi connectivity index (χ0n) is 13.0. The lowest BCUT2D eigenvalue weighted by Crippen LogP contribution is -2.49. The molecule has 1 saturated heterocycles. The summed E-state index contributed by atoms with van der Waals surface area (Å²) in [5.74, 6) is 1.68. The summed E-state index contributed by atoms with van der Waals surface area (Å²) < 4.78 is 5.20. The summed E-state index contributed by atoms with van der Waals surface area (Å²) in [5.41, 5.74) is 1.18. The second-order valence-electron chi connectivity index (χ2n) is 5.70. The van der Waals surface area contributed by atoms with Crippen molar-refractivity contribution in [2.75, 3.05) is 20.2 Å². The van der Waals surface area contributed by atoms with Crippen molar-refractivity contribution in [3.05, 3.63) is 29.8 Å². The zero-order chi connectivity index (χ0) is 15.1. The van der Waals surface area contributed by atoms with Crippen molar-refractivity contribution in [3.8, 4) is 5.75 Å². The maximum absolute atomic E-state index is 12.2. The van der Waals surface area contributed by atoms with Gasteiger partial charge in [0.1, 0.15) is 5.75 Å². The van der Waals surface area contributed by atoms with E-state index in [9.17, 15) is 4.79 Å². The molecule has 0 aliphatic carbocycles. The number of ether oxygens (including phenoxy) is 1. The molecule has 1 aliphatic heterocycles. The molecule has 4 nitrogen and oxygen atoms in total. The zero-order valence-corrected chi connectivity index (χ0v) is 13.0. The number of benzene rings is 1. The predicted molar refractivity (Wildman–Crippen MR) is 84.5 cm³/mol. The van der Waals surface area contributed by atoms with E-state index in [1.165, 1.54) is 12.0 Å². The minimum atomic E-state index is -0.0194. The molecule has 0 bridgehead atoms. The Hall–Kier alpha value is -1.55. The average Bonchev–Trinajstić information content (AvgIpc) is 2.55. The molecule has 2 N–H and O–H groups in total. The Labute approximate surface area is 127 Å². The first-order chi connectivity index (χ1) is 10.2. The third-order valence-electron chi connectivity index (χ3n) is 4.25. The highest BCUT2D eigenvalue weighted by Crippen LogP contribution is 2.19. The number of amides is 1. The molecule has 1 aromatic carbocycles. The molecule has 1 aromatic rings. The highest BCUT2D eigenvalue weighted by Gasteiger charge is 2.25. The van der Waals surface area contributed by atoms with Gasteiger partial charge in [-0.05, 0) is 49.4 Å². The fourth-order valence-electron chi connectivity index (χ4n) is 2.85. The molecular weight excluding hydrogens is 264 g/mol. The second kappa shape index (κ2) is 8.03. The van der Waals surface area contributed by atoms with Gasteiger partial charge in [0.05, 0.1) is 13.2 Å². The summed E-state index contributed by atoms with van der Waals surface area (Å²) in [6.07, 6.45) is 4.13. The minimum absolute atomic E-state index is 0.0194. The summed E-state index contributed by atoms with van der Waals surface area (Å²) >= 11 is 0. The van der Waals surface area contributed by atoms with Crippen LogP contribution < -0.4 is 15.4 Å². The van der Waals surface area contributed by atoms with E-state index in [1.54, 1.807) is 7.11 Å². The molecule has 0 saturated carbocycles. The maximum atomic E-state index is 12.2. The molecule has 21 heavy (non-hydrogen) atoms. The van der Waals surface area contributed by atoms with E-state index < -0.39 is 0 Å². The summed E-state index contributed by atoms with van der Waals surface area (Å²) in [4.78, 5) is 12.2. The Kier molecular flexibility index (Phi) is 6.05. The average molecular weight is 290 g/mol. The number of hydrogen-bond acceptors (Lipinski definition) is 3. The largest absolute Gasteiger partial charge is 0.497 e. The highest BCUT2D eigenvalue weighted by atomic mass is 16.5. The minimum Gasteiger partial charge on any atom is -0.497 e. The van der Waals surface area contributed by atoms with Crippen molar-refractivity contribution in [3.63, 3.8) is 0 Å². The summed E-state index contributed by atoms with van der Waals surface area (Å²) in [6, 6.07) is 7.95. The van der Waals surface area contributed by atoms with Crippen molar-refractivity contribution in [2.45, 2.75) is 38.6 Å². The van der Waals surface area contributed by atoms with Gasteiger partial charge in [0, 0.05) is 6.54 Å². The summed E-state index contributed by atoms with van der Waals surface area (Å²) in [7, 11) is 1.67. The monoisotopic (exact) mass is 290 g/mol. The van der Waals surface area contributed by atoms with Crippen molar-refractivity contribution in [1.29, 1.82) is 0 Å². The SMILES string of the molecule is CCC1CCNC(C(=O)NCCc2cccc(OC)c2)C1. The van der Waals surface area contributed by atoms with E-state index in [0.29, 0.717) is 12.5 Å². The molecule has 4 heteroatoms. The molecule has 0 spiro atoms. The van der Waals surface area contributed by atoms with Gasteiger partial charge in [-0.2, -0.15) is 0 Å². The molecule has 116 valence electrons. The standard InChI is InChI=1S/C17H26N2O2/c1-3-13-7-9-18-16(12-13)17(20)19-10-8-14-5-4-6-15(11-14)21-2/h4-6,11,13,16,18H,3,7-10,12H2,1-2H3,(H,19,20). The molecule has 1 heterocycles. The quantitative estimate of drug-likeness (QED) is 0.844. The van der Waals surface area contributed by atoms with Crippen LogP contribution >= 0.6 is 0 Å². The molecule has 1 aliphatic rings. The fraction of sp³-hybridized carbons (Fsp3) is 0.588. The van der Waals surface area contributed by atoms with Crippen LogP contribution in [0.4, 0.5) is 0 Å². The smallest absolute Gasteiger partial charge is 0.237 e. The first kappa shape index (κ1) is 15.8. The summed E-state index contributed by atoms with van der Waals surface area (Å²) in [6.45, 7) is 3.82. The Balaban J connectivity index is 1.76. The van der Waals surface area contributed by atoms with Crippen LogP contribution in [0.2, 0.25) is 0 Å². The van der Waals surface area contributed by atoms with Crippen LogP contribution in [0.25, 0.3) is 0 Å². The van der Waals surface area contributed by atoms with Crippen LogP contribution in [0.3, 0.4) is 0 Å². The van der Waals surface area contributed by atoms with Gasteiger partial charge in [-0.15, -0.1) is 0 Å². The first-order valence-corrected chi connectivity index (χ1v) is 7.87. The van der Waals surface area contributed by atoms with Crippen molar-refractivity contribution in [2.24, 2.45) is 5.92 Å². The number of carbonyl (C=O) groups excluding carboxylic acids is 1. The van der Waals surface area contributed by atoms with E-state index in [4.69, 9.17) is 4.74 Å². The molecule has 1 fully saturated rings. The maximum Gasteiger partial charge on any atom is 0.237 e. The van der Waals surface area contributed by atoms with Crippen LogP contribution in [0.15, 0.2) is 24.3 Å². The molecule has 2 unspecified atom stereocenters. The number of hydrogen-bond donors (Lipinski definition) is 2. The first-order valence-electron chi connectivity index (χ1n) is 7.87. The fourth-order valence-corrected chi connectivity index (χ4v) is 2.85. The van der Waals surface area contributed by atoms with Gasteiger partial charge in [0.25, 0.3) is 0 Å². The van der Waals surface area contributed by atoms with Gasteiger partial charge >= 0.3 is 0 Å².